The van der Waals surface area contributed by atoms with E-state index < -0.39 is 19.6 Å². The van der Waals surface area contributed by atoms with Crippen molar-refractivity contribution in [1.82, 2.24) is 10.6 Å². The van der Waals surface area contributed by atoms with Crippen molar-refractivity contribution in [2.75, 3.05) is 10.2 Å². The van der Waals surface area contributed by atoms with Crippen molar-refractivity contribution >= 4 is 29.4 Å². The van der Waals surface area contributed by atoms with Gasteiger partial charge in [-0.2, -0.15) is 11.8 Å². The summed E-state index contributed by atoms with van der Waals surface area (Å²) in [5, 5.41) is 6.46. The number of alkyl halides is 3. The first-order valence-electron chi connectivity index (χ1n) is 13.1. The number of carbonyl (C=O) groups is 3. The summed E-state index contributed by atoms with van der Waals surface area (Å²) in [5.74, 6) is 1.61. The average molecular weight is 598 g/mol. The molecule has 3 unspecified atom stereocenters. The molecule has 194 valence electrons. The molecule has 2 aliphatic heterocycles. The maximum absolute atomic E-state index is 12.7. The van der Waals surface area contributed by atoms with E-state index in [0.29, 0.717) is 34.7 Å². The van der Waals surface area contributed by atoms with E-state index in [1.165, 1.54) is 0 Å². The third-order valence-corrected chi connectivity index (χ3v) is 17.4. The third kappa shape index (κ3) is 10.1. The summed E-state index contributed by atoms with van der Waals surface area (Å²) in [4.78, 5) is 36.3. The van der Waals surface area contributed by atoms with Gasteiger partial charge in [0.25, 0.3) is 0 Å². The molecule has 0 aromatic rings. The molecule has 2 amide bonds. The molecule has 33 heavy (non-hydrogen) atoms. The molecule has 0 radical (unpaired) electrons. The van der Waals surface area contributed by atoms with Crippen LogP contribution >= 0.6 is 11.8 Å². The number of hydrogen-bond acceptors (Lipinski definition) is 4. The molecule has 0 bridgehead atoms. The van der Waals surface area contributed by atoms with Gasteiger partial charge in [-0.1, -0.05) is 0 Å². The number of ketones is 2. The summed E-state index contributed by atoms with van der Waals surface area (Å²) in [6.45, 7) is 12.8. The fourth-order valence-electron chi connectivity index (χ4n) is 4.90. The fraction of sp³-hybridized carbons (Fsp3) is 0.885. The molecule has 0 spiro atoms. The number of fused-ring (bicyclic) bond motifs is 1. The molecular weight excluding hydrogens is 547 g/mol. The van der Waals surface area contributed by atoms with Gasteiger partial charge in [0.15, 0.2) is 0 Å². The Morgan fingerprint density at radius 3 is 2.03 bits per heavy atom. The zero-order chi connectivity index (χ0) is 25.6. The SMILES string of the molecule is [3H][I-](CC(=O)CCCCCCC(=O)CCCCC1SCC2NC(=O)NC21)(C(C)(C)C)C(C)(C)C. The minimum absolute atomic E-state index is 0.0402. The number of Topliss-reactive ketones (excluding diaryl/α,β-unsaturated/α-hetero) is 2. The predicted molar refractivity (Wildman–Crippen MR) is 137 cm³/mol. The summed E-state index contributed by atoms with van der Waals surface area (Å²) < 4.78 is 9.53. The molecule has 2 saturated heterocycles. The molecule has 0 aliphatic carbocycles. The number of unbranched alkanes of at least 4 members (excludes halogenated alkanes) is 4. The number of halogens is 1. The summed E-state index contributed by atoms with van der Waals surface area (Å²) in [7, 11) is 0. The van der Waals surface area contributed by atoms with E-state index in [-0.39, 0.29) is 30.7 Å². The monoisotopic (exact) mass is 597 g/mol. The van der Waals surface area contributed by atoms with Crippen LogP contribution in [0.2, 0.25) is 0 Å². The van der Waals surface area contributed by atoms with E-state index >= 15 is 0 Å². The molecule has 2 N–H and O–H groups in total. The second-order valence-corrected chi connectivity index (χ2v) is 22.1. The van der Waals surface area contributed by atoms with Crippen molar-refractivity contribution in [3.05, 3.63) is 0 Å². The number of thioether (sulfide) groups is 1. The van der Waals surface area contributed by atoms with Gasteiger partial charge in [0.1, 0.15) is 0 Å². The molecule has 7 heteroatoms. The van der Waals surface area contributed by atoms with Crippen molar-refractivity contribution in [3.63, 3.8) is 0 Å². The normalized spacial score (nSPS) is 24.1. The summed E-state index contributed by atoms with van der Waals surface area (Å²) in [6, 6.07) is 0.484. The van der Waals surface area contributed by atoms with E-state index in [0.717, 1.165) is 50.7 Å². The van der Waals surface area contributed by atoms with E-state index in [4.69, 9.17) is 0 Å². The van der Waals surface area contributed by atoms with Crippen LogP contribution in [0.4, 0.5) is 4.79 Å². The van der Waals surface area contributed by atoms with Crippen LogP contribution in [0.5, 0.6) is 0 Å². The van der Waals surface area contributed by atoms with Crippen LogP contribution in [0.3, 0.4) is 0 Å². The Bertz CT molecular complexity index is 706. The van der Waals surface area contributed by atoms with Gasteiger partial charge in [-0.05, 0) is 6.42 Å². The van der Waals surface area contributed by atoms with Crippen molar-refractivity contribution in [2.45, 2.75) is 130 Å². The van der Waals surface area contributed by atoms with E-state index in [1.807, 2.05) is 11.8 Å². The van der Waals surface area contributed by atoms with E-state index in [9.17, 15) is 15.0 Å². The van der Waals surface area contributed by atoms with Gasteiger partial charge >= 0.3 is 158 Å². The number of urea groups is 1. The van der Waals surface area contributed by atoms with Gasteiger partial charge in [-0.15, -0.1) is 0 Å². The second-order valence-electron chi connectivity index (χ2n) is 11.5. The molecular formula is C26H48IN2O3S-. The fourth-order valence-corrected chi connectivity index (χ4v) is 14.8. The van der Waals surface area contributed by atoms with Crippen molar-refractivity contribution in [1.29, 1.82) is 0.594 Å². The van der Waals surface area contributed by atoms with Crippen LogP contribution in [0.25, 0.3) is 0 Å². The van der Waals surface area contributed by atoms with Crippen LogP contribution in [0, 0.1) is 0 Å². The van der Waals surface area contributed by atoms with Gasteiger partial charge in [0.2, 0.25) is 0 Å². The first kappa shape index (κ1) is 27.3. The van der Waals surface area contributed by atoms with Crippen molar-refractivity contribution in [3.8, 4) is 0 Å². The second kappa shape index (κ2) is 13.1. The van der Waals surface area contributed by atoms with Gasteiger partial charge in [0, 0.05) is 11.0 Å². The molecule has 5 nitrogen and oxygen atoms in total. The number of rotatable bonds is 14. The van der Waals surface area contributed by atoms with Gasteiger partial charge in [0.05, 0.1) is 12.1 Å². The topological polar surface area (TPSA) is 75.3 Å². The summed E-state index contributed by atoms with van der Waals surface area (Å²) in [6.07, 6.45) is 8.70. The van der Waals surface area contributed by atoms with Crippen molar-refractivity contribution in [2.24, 2.45) is 0 Å². The first-order chi connectivity index (χ1) is 15.7. The molecule has 0 aromatic heterocycles. The Morgan fingerprint density at radius 2 is 1.45 bits per heavy atom. The van der Waals surface area contributed by atoms with Crippen LogP contribution in [0.15, 0.2) is 0 Å². The Labute approximate surface area is 214 Å². The zero-order valence-electron chi connectivity index (χ0n) is 22.7. The number of hydrogen-bond donors (Lipinski definition) is 2. The van der Waals surface area contributed by atoms with Crippen LogP contribution in [-0.2, 0) is 9.59 Å². The Balaban J connectivity index is 1.52. The van der Waals surface area contributed by atoms with E-state index in [2.05, 4.69) is 52.2 Å². The number of nitrogens with one attached hydrogen (secondary N) is 2. The number of carbonyl (C=O) groups excluding carboxylic acids is 3. The van der Waals surface area contributed by atoms with Gasteiger partial charge in [-0.25, -0.2) is 4.79 Å². The molecule has 2 heterocycles. The molecule has 0 aromatic carbocycles. The molecule has 2 aliphatic rings. The number of amides is 2. The predicted octanol–water partition coefficient (Wildman–Crippen LogP) is 2.15. The Morgan fingerprint density at radius 1 is 0.909 bits per heavy atom. The Hall–Kier alpha value is -0.310. The Kier molecular flexibility index (Phi) is 10.8. The average Bonchev–Trinajstić information content (AvgIpc) is 3.25. The minimum atomic E-state index is -3.02. The van der Waals surface area contributed by atoms with Crippen molar-refractivity contribution < 1.29 is 34.0 Å². The summed E-state index contributed by atoms with van der Waals surface area (Å²) >= 11 is -1.09. The van der Waals surface area contributed by atoms with E-state index in [1.54, 1.807) is 0 Å². The standard InChI is InChI=1S/C26H48IN2O3S/c1-25(2,3)27(26(4,5)6)17-20(31)15-10-8-7-9-13-19(30)14-11-12-16-22-23-21(18-33-22)28-24(32)29-23/h21-23,27H,7-18H2,1-6H3,(H2,28,29,32)/q-1/i27T. The molecule has 2 fully saturated rings. The van der Waals surface area contributed by atoms with Crippen LogP contribution in [0.1, 0.15) is 106 Å². The van der Waals surface area contributed by atoms with Crippen LogP contribution < -0.4 is 30.3 Å². The van der Waals surface area contributed by atoms with Gasteiger partial charge < -0.3 is 10.6 Å². The molecule has 0 saturated carbocycles. The summed E-state index contributed by atoms with van der Waals surface area (Å²) in [5.41, 5.74) is 0. The molecule has 3 atom stereocenters. The maximum atomic E-state index is 12.7. The molecule has 2 rings (SSSR count). The quantitative estimate of drug-likeness (QED) is 0.139. The zero-order valence-corrected chi connectivity index (χ0v) is 24.7. The van der Waals surface area contributed by atoms with Crippen LogP contribution in [-0.4, -0.2) is 52.5 Å². The third-order valence-electron chi connectivity index (χ3n) is 6.45. The van der Waals surface area contributed by atoms with Gasteiger partial charge in [-0.3, -0.25) is 0 Å². The first-order valence-corrected chi connectivity index (χ1v) is 17.5.